The molecule has 12 nitrogen and oxygen atoms in total. The van der Waals surface area contributed by atoms with Crippen molar-refractivity contribution in [2.75, 3.05) is 59.7 Å². The van der Waals surface area contributed by atoms with Crippen LogP contribution in [0.3, 0.4) is 0 Å². The largest absolute Gasteiger partial charge is 0.497 e. The van der Waals surface area contributed by atoms with Crippen LogP contribution in [0.5, 0.6) is 5.75 Å². The van der Waals surface area contributed by atoms with Crippen LogP contribution in [0.1, 0.15) is 17.9 Å². The molecule has 2 aliphatic heterocycles. The number of carbonyl (C=O) groups excluding carboxylic acids is 1. The van der Waals surface area contributed by atoms with Crippen LogP contribution in [0.25, 0.3) is 11.0 Å². The van der Waals surface area contributed by atoms with E-state index in [1.54, 1.807) is 47.4 Å². The molecule has 0 aliphatic carbocycles. The molecule has 0 saturated carbocycles. The first kappa shape index (κ1) is 30.7. The van der Waals surface area contributed by atoms with Gasteiger partial charge in [-0.3, -0.25) is 9.59 Å². The number of aliphatic hydroxyl groups excluding tert-OH is 1. The summed E-state index contributed by atoms with van der Waals surface area (Å²) in [5, 5.41) is 9.99. The maximum absolute atomic E-state index is 13.4. The van der Waals surface area contributed by atoms with Gasteiger partial charge in [0.05, 0.1) is 50.1 Å². The molecule has 1 saturated heterocycles. The summed E-state index contributed by atoms with van der Waals surface area (Å²) >= 11 is 0. The zero-order valence-electron chi connectivity index (χ0n) is 23.7. The third-order valence-corrected chi connectivity index (χ3v) is 9.28. The van der Waals surface area contributed by atoms with Crippen molar-refractivity contribution in [3.05, 3.63) is 82.4 Å². The highest BCUT2D eigenvalue weighted by molar-refractivity contribution is 7.89. The lowest BCUT2D eigenvalue weighted by atomic mass is 9.93. The summed E-state index contributed by atoms with van der Waals surface area (Å²) in [4.78, 5) is 28.4. The predicted octanol–water partition coefficient (Wildman–Crippen LogP) is 2.07. The van der Waals surface area contributed by atoms with E-state index in [-0.39, 0.29) is 48.1 Å². The number of fused-ring (bicyclic) bond motifs is 1. The van der Waals surface area contributed by atoms with E-state index in [4.69, 9.17) is 23.4 Å². The van der Waals surface area contributed by atoms with Crippen LogP contribution >= 0.6 is 0 Å². The minimum absolute atomic E-state index is 0.0359. The topological polar surface area (TPSA) is 145 Å². The Hall–Kier alpha value is -3.75. The highest BCUT2D eigenvalue weighted by atomic mass is 32.2. The van der Waals surface area contributed by atoms with Gasteiger partial charge in [0, 0.05) is 44.1 Å². The number of para-hydroxylation sites is 1. The highest BCUT2D eigenvalue weighted by Gasteiger charge is 2.33. The fraction of sp³-hybridized carbons (Fsp3) is 0.400. The number of ether oxygens (including phenoxy) is 4. The first-order chi connectivity index (χ1) is 20.8. The molecule has 2 aromatic carbocycles. The standard InChI is InChI=1S/C30H34N2O10S/c1-38-22-6-8-23(9-7-22)43(36,37)32(10-14-33)13-17-40-28-19-21(18-27(42-28)30(35)31-11-15-39-16-12-31)25-20-41-26-5-3-2-4-24(26)29(25)34/h2-9,18,20-21,28,33H,10-17,19H2,1H3/t21-,28+/m1/s1. The van der Waals surface area contributed by atoms with Crippen molar-refractivity contribution in [1.82, 2.24) is 9.21 Å². The van der Waals surface area contributed by atoms with Crippen LogP contribution in [0.15, 0.2) is 80.7 Å². The van der Waals surface area contributed by atoms with Gasteiger partial charge in [0.2, 0.25) is 16.3 Å². The van der Waals surface area contributed by atoms with Gasteiger partial charge in [-0.2, -0.15) is 4.31 Å². The normalized spacial score (nSPS) is 19.2. The van der Waals surface area contributed by atoms with Crippen LogP contribution in [-0.2, 0) is 29.0 Å². The van der Waals surface area contributed by atoms with Crippen LogP contribution in [0, 0.1) is 0 Å². The quantitative estimate of drug-likeness (QED) is 0.341. The van der Waals surface area contributed by atoms with Crippen LogP contribution < -0.4 is 10.2 Å². The highest BCUT2D eigenvalue weighted by Crippen LogP contribution is 2.32. The maximum Gasteiger partial charge on any atom is 0.288 e. The van der Waals surface area contributed by atoms with Crippen LogP contribution in [0.2, 0.25) is 0 Å². The fourth-order valence-corrected chi connectivity index (χ4v) is 6.46. The molecule has 3 heterocycles. The minimum atomic E-state index is -3.95. The van der Waals surface area contributed by atoms with E-state index in [0.29, 0.717) is 48.6 Å². The summed E-state index contributed by atoms with van der Waals surface area (Å²) in [5.41, 5.74) is 0.584. The Bertz CT molecular complexity index is 1610. The maximum atomic E-state index is 13.4. The molecule has 1 fully saturated rings. The van der Waals surface area contributed by atoms with Crippen molar-refractivity contribution < 1.29 is 41.7 Å². The van der Waals surface area contributed by atoms with Gasteiger partial charge in [0.1, 0.15) is 11.3 Å². The zero-order chi connectivity index (χ0) is 30.4. The summed E-state index contributed by atoms with van der Waals surface area (Å²) in [5.74, 6) is -0.364. The zero-order valence-corrected chi connectivity index (χ0v) is 24.5. The van der Waals surface area contributed by atoms with Gasteiger partial charge in [-0.25, -0.2) is 8.42 Å². The van der Waals surface area contributed by atoms with Crippen LogP contribution in [0.4, 0.5) is 0 Å². The number of allylic oxidation sites excluding steroid dienone is 1. The van der Waals surface area contributed by atoms with E-state index >= 15 is 0 Å². The Balaban J connectivity index is 1.35. The van der Waals surface area contributed by atoms with Gasteiger partial charge in [-0.15, -0.1) is 0 Å². The second kappa shape index (κ2) is 13.7. The van der Waals surface area contributed by atoms with Crippen molar-refractivity contribution in [2.45, 2.75) is 23.5 Å². The molecular weight excluding hydrogens is 580 g/mol. The third kappa shape index (κ3) is 6.92. The molecule has 2 atom stereocenters. The Labute approximate surface area is 249 Å². The molecule has 0 bridgehead atoms. The number of carbonyl (C=O) groups is 1. The Morgan fingerprint density at radius 2 is 1.84 bits per heavy atom. The molecule has 1 aromatic heterocycles. The summed E-state index contributed by atoms with van der Waals surface area (Å²) in [6.45, 7) is 0.868. The Kier molecular flexibility index (Phi) is 9.78. The summed E-state index contributed by atoms with van der Waals surface area (Å²) in [6, 6.07) is 12.9. The first-order valence-corrected chi connectivity index (χ1v) is 15.4. The molecule has 43 heavy (non-hydrogen) atoms. The number of sulfonamides is 1. The molecule has 5 rings (SSSR count). The number of hydrogen-bond acceptors (Lipinski definition) is 10. The van der Waals surface area contributed by atoms with E-state index in [9.17, 15) is 23.1 Å². The molecule has 0 spiro atoms. The second-order valence-electron chi connectivity index (χ2n) is 10.0. The molecule has 0 radical (unpaired) electrons. The number of rotatable bonds is 11. The SMILES string of the molecule is COc1ccc(S(=O)(=O)N(CCO)CCO[C@@H]2C[C@H](c3coc4ccccc4c3=O)C=C(C(=O)N3CCOCC3)O2)cc1. The summed E-state index contributed by atoms with van der Waals surface area (Å²) in [6.07, 6.45) is 2.25. The van der Waals surface area contributed by atoms with Crippen molar-refractivity contribution in [1.29, 1.82) is 0 Å². The molecule has 2 aliphatic rings. The lowest BCUT2D eigenvalue weighted by molar-refractivity contribution is -0.155. The van der Waals surface area contributed by atoms with Crippen LogP contribution in [-0.4, -0.2) is 94.6 Å². The van der Waals surface area contributed by atoms with Gasteiger partial charge in [-0.1, -0.05) is 12.1 Å². The summed E-state index contributed by atoms with van der Waals surface area (Å²) < 4.78 is 55.8. The molecular formula is C30H34N2O10S. The number of morpholine rings is 1. The number of nitrogens with zero attached hydrogens (tertiary/aromatic N) is 2. The predicted molar refractivity (Wildman–Crippen MR) is 155 cm³/mol. The van der Waals surface area contributed by atoms with Gasteiger partial charge < -0.3 is 33.4 Å². The molecule has 1 N–H and O–H groups in total. The monoisotopic (exact) mass is 614 g/mol. The van der Waals surface area contributed by atoms with E-state index in [1.165, 1.54) is 25.5 Å². The van der Waals surface area contributed by atoms with Gasteiger partial charge >= 0.3 is 0 Å². The lowest BCUT2D eigenvalue weighted by Gasteiger charge is -2.33. The molecule has 1 amide bonds. The summed E-state index contributed by atoms with van der Waals surface area (Å²) in [7, 11) is -2.47. The van der Waals surface area contributed by atoms with E-state index in [0.717, 1.165) is 4.31 Å². The number of amides is 1. The number of aliphatic hydroxyl groups is 1. The van der Waals surface area contributed by atoms with Gasteiger partial charge in [0.15, 0.2) is 11.2 Å². The number of methoxy groups -OCH3 is 1. The second-order valence-corrected chi connectivity index (χ2v) is 12.0. The van der Waals surface area contributed by atoms with Crippen molar-refractivity contribution in [3.8, 4) is 5.75 Å². The Morgan fingerprint density at radius 3 is 2.56 bits per heavy atom. The van der Waals surface area contributed by atoms with Crippen molar-refractivity contribution >= 4 is 26.9 Å². The molecule has 230 valence electrons. The fourth-order valence-electron chi connectivity index (χ4n) is 5.05. The van der Waals surface area contributed by atoms with E-state index in [2.05, 4.69) is 0 Å². The lowest BCUT2D eigenvalue weighted by Crippen LogP contribution is -2.43. The minimum Gasteiger partial charge on any atom is -0.497 e. The van der Waals surface area contributed by atoms with E-state index in [1.807, 2.05) is 0 Å². The number of benzene rings is 2. The van der Waals surface area contributed by atoms with Gasteiger partial charge in [0.25, 0.3) is 5.91 Å². The van der Waals surface area contributed by atoms with E-state index < -0.39 is 28.8 Å². The molecule has 0 unspecified atom stereocenters. The molecule has 3 aromatic rings. The van der Waals surface area contributed by atoms with Gasteiger partial charge in [-0.05, 0) is 42.5 Å². The van der Waals surface area contributed by atoms with Crippen molar-refractivity contribution in [3.63, 3.8) is 0 Å². The average Bonchev–Trinajstić information content (AvgIpc) is 3.04. The van der Waals surface area contributed by atoms with Crippen molar-refractivity contribution in [2.24, 2.45) is 0 Å². The number of hydrogen-bond donors (Lipinski definition) is 1. The smallest absolute Gasteiger partial charge is 0.288 e. The average molecular weight is 615 g/mol. The molecule has 13 heteroatoms. The third-order valence-electron chi connectivity index (χ3n) is 7.36. The first-order valence-electron chi connectivity index (χ1n) is 13.9. The Morgan fingerprint density at radius 1 is 1.09 bits per heavy atom.